The molecule has 7 nitrogen and oxygen atoms in total. The van der Waals surface area contributed by atoms with Crippen molar-refractivity contribution in [1.29, 1.82) is 0 Å². The highest BCUT2D eigenvalue weighted by atomic mass is 16.5. The fourth-order valence-corrected chi connectivity index (χ4v) is 4.61. The Labute approximate surface area is 170 Å². The number of benzene rings is 1. The first kappa shape index (κ1) is 19.5. The zero-order valence-electron chi connectivity index (χ0n) is 17.2. The molecule has 2 fully saturated rings. The van der Waals surface area contributed by atoms with Crippen LogP contribution in [0.15, 0.2) is 28.8 Å². The molecular weight excluding hydrogens is 370 g/mol. The molecule has 0 N–H and O–H groups in total. The molecule has 0 aliphatic carbocycles. The average Bonchev–Trinajstić information content (AvgIpc) is 3.36. The SMILES string of the molecule is COc1ccc(CN2C(=O)C[C@H]3[C@@H]2CCN3C(=O)CCc2c(C)noc2C)cc1. The number of fused-ring (bicyclic) bond motifs is 1. The van der Waals surface area contributed by atoms with Crippen molar-refractivity contribution in [3.63, 3.8) is 0 Å². The number of ether oxygens (including phenoxy) is 1. The van der Waals surface area contributed by atoms with Gasteiger partial charge in [-0.2, -0.15) is 0 Å². The third-order valence-corrected chi connectivity index (χ3v) is 6.22. The molecule has 0 radical (unpaired) electrons. The van der Waals surface area contributed by atoms with Crippen molar-refractivity contribution in [2.75, 3.05) is 13.7 Å². The van der Waals surface area contributed by atoms with Crippen LogP contribution in [0.3, 0.4) is 0 Å². The lowest BCUT2D eigenvalue weighted by Gasteiger charge is -2.25. The van der Waals surface area contributed by atoms with Crippen molar-refractivity contribution >= 4 is 11.8 Å². The normalized spacial score (nSPS) is 21.0. The molecule has 2 saturated heterocycles. The van der Waals surface area contributed by atoms with Gasteiger partial charge in [0.1, 0.15) is 11.5 Å². The maximum atomic E-state index is 12.9. The number of aromatic nitrogens is 1. The number of methoxy groups -OCH3 is 1. The minimum atomic E-state index is -0.0158. The minimum absolute atomic E-state index is 0.0158. The van der Waals surface area contributed by atoms with Gasteiger partial charge in [-0.15, -0.1) is 0 Å². The van der Waals surface area contributed by atoms with Gasteiger partial charge in [-0.3, -0.25) is 9.59 Å². The molecule has 2 aromatic rings. The van der Waals surface area contributed by atoms with Crippen LogP contribution in [-0.4, -0.2) is 52.5 Å². The molecule has 1 aromatic heterocycles. The number of amides is 2. The Bertz CT molecular complexity index is 886. The first-order chi connectivity index (χ1) is 14.0. The van der Waals surface area contributed by atoms with E-state index >= 15 is 0 Å². The highest BCUT2D eigenvalue weighted by Gasteiger charge is 2.47. The van der Waals surface area contributed by atoms with E-state index in [2.05, 4.69) is 5.16 Å². The molecule has 154 valence electrons. The van der Waals surface area contributed by atoms with Crippen molar-refractivity contribution < 1.29 is 18.8 Å². The van der Waals surface area contributed by atoms with E-state index in [0.29, 0.717) is 32.4 Å². The number of hydrogen-bond donors (Lipinski definition) is 0. The molecule has 1 aromatic carbocycles. The lowest BCUT2D eigenvalue weighted by molar-refractivity contribution is -0.132. The van der Waals surface area contributed by atoms with Crippen LogP contribution in [0.25, 0.3) is 0 Å². The summed E-state index contributed by atoms with van der Waals surface area (Å²) >= 11 is 0. The van der Waals surface area contributed by atoms with Gasteiger partial charge in [-0.05, 0) is 44.4 Å². The fraction of sp³-hybridized carbons (Fsp3) is 0.500. The minimum Gasteiger partial charge on any atom is -0.497 e. The zero-order chi connectivity index (χ0) is 20.5. The van der Waals surface area contributed by atoms with E-state index in [1.165, 1.54) is 0 Å². The van der Waals surface area contributed by atoms with Gasteiger partial charge in [0.25, 0.3) is 0 Å². The van der Waals surface area contributed by atoms with Gasteiger partial charge in [0.15, 0.2) is 0 Å². The number of likely N-dealkylation sites (tertiary alicyclic amines) is 2. The number of carbonyl (C=O) groups is 2. The topological polar surface area (TPSA) is 75.9 Å². The fourth-order valence-electron chi connectivity index (χ4n) is 4.61. The van der Waals surface area contributed by atoms with Crippen molar-refractivity contribution in [3.05, 3.63) is 46.8 Å². The summed E-state index contributed by atoms with van der Waals surface area (Å²) in [6.07, 6.45) is 2.29. The van der Waals surface area contributed by atoms with Crippen LogP contribution in [-0.2, 0) is 22.6 Å². The molecule has 0 bridgehead atoms. The van der Waals surface area contributed by atoms with E-state index in [-0.39, 0.29) is 23.9 Å². The second-order valence-electron chi connectivity index (χ2n) is 7.89. The average molecular weight is 397 g/mol. The van der Waals surface area contributed by atoms with Gasteiger partial charge in [-0.25, -0.2) is 0 Å². The molecular formula is C22H27N3O4. The number of aryl methyl sites for hydroxylation is 2. The quantitative estimate of drug-likeness (QED) is 0.749. The van der Waals surface area contributed by atoms with Crippen LogP contribution in [0, 0.1) is 13.8 Å². The van der Waals surface area contributed by atoms with Crippen LogP contribution in [0.5, 0.6) is 5.75 Å². The zero-order valence-corrected chi connectivity index (χ0v) is 17.2. The third kappa shape index (κ3) is 3.73. The first-order valence-corrected chi connectivity index (χ1v) is 10.1. The Kier molecular flexibility index (Phi) is 5.30. The van der Waals surface area contributed by atoms with Crippen LogP contribution < -0.4 is 4.74 Å². The predicted molar refractivity (Wildman–Crippen MR) is 106 cm³/mol. The molecule has 0 spiro atoms. The smallest absolute Gasteiger partial charge is 0.225 e. The summed E-state index contributed by atoms with van der Waals surface area (Å²) in [5.41, 5.74) is 2.93. The van der Waals surface area contributed by atoms with Crippen molar-refractivity contribution in [1.82, 2.24) is 15.0 Å². The van der Waals surface area contributed by atoms with Crippen molar-refractivity contribution in [2.45, 2.75) is 58.2 Å². The summed E-state index contributed by atoms with van der Waals surface area (Å²) in [4.78, 5) is 29.4. The molecule has 2 amide bonds. The molecule has 2 atom stereocenters. The molecule has 4 rings (SSSR count). The largest absolute Gasteiger partial charge is 0.497 e. The number of nitrogens with zero attached hydrogens (tertiary/aromatic N) is 3. The Morgan fingerprint density at radius 2 is 2.00 bits per heavy atom. The molecule has 7 heteroatoms. The highest BCUT2D eigenvalue weighted by molar-refractivity contribution is 5.83. The lowest BCUT2D eigenvalue weighted by Crippen LogP contribution is -2.39. The van der Waals surface area contributed by atoms with Crippen molar-refractivity contribution in [2.24, 2.45) is 0 Å². The second kappa shape index (κ2) is 7.89. The monoisotopic (exact) mass is 397 g/mol. The first-order valence-electron chi connectivity index (χ1n) is 10.1. The third-order valence-electron chi connectivity index (χ3n) is 6.22. The number of hydrogen-bond acceptors (Lipinski definition) is 5. The maximum Gasteiger partial charge on any atom is 0.225 e. The Morgan fingerprint density at radius 3 is 2.66 bits per heavy atom. The Hall–Kier alpha value is -2.83. The molecule has 2 aliphatic heterocycles. The molecule has 0 unspecified atom stereocenters. The standard InChI is InChI=1S/C22H27N3O4/c1-14-18(15(2)29-23-14)8-9-21(26)24-11-10-19-20(24)12-22(27)25(19)13-16-4-6-17(28-3)7-5-16/h4-7,19-20H,8-13H2,1-3H3/t19-,20-/m0/s1. The van der Waals surface area contributed by atoms with E-state index in [9.17, 15) is 9.59 Å². The second-order valence-corrected chi connectivity index (χ2v) is 7.89. The molecule has 2 aliphatic rings. The van der Waals surface area contributed by atoms with Crippen LogP contribution in [0.4, 0.5) is 0 Å². The summed E-state index contributed by atoms with van der Waals surface area (Å²) in [6.45, 7) is 5.06. The summed E-state index contributed by atoms with van der Waals surface area (Å²) in [5, 5.41) is 3.96. The summed E-state index contributed by atoms with van der Waals surface area (Å²) in [5.74, 6) is 1.81. The predicted octanol–water partition coefficient (Wildman–Crippen LogP) is 2.63. The van der Waals surface area contributed by atoms with E-state index in [0.717, 1.165) is 34.8 Å². The van der Waals surface area contributed by atoms with Crippen LogP contribution >= 0.6 is 0 Å². The number of carbonyl (C=O) groups excluding carboxylic acids is 2. The summed E-state index contributed by atoms with van der Waals surface area (Å²) < 4.78 is 10.4. The van der Waals surface area contributed by atoms with Gasteiger partial charge >= 0.3 is 0 Å². The Morgan fingerprint density at radius 1 is 1.24 bits per heavy atom. The van der Waals surface area contributed by atoms with E-state index in [1.54, 1.807) is 7.11 Å². The van der Waals surface area contributed by atoms with Crippen LogP contribution in [0.2, 0.25) is 0 Å². The van der Waals surface area contributed by atoms with Crippen LogP contribution in [0.1, 0.15) is 41.8 Å². The maximum absolute atomic E-state index is 12.9. The molecule has 0 saturated carbocycles. The van der Waals surface area contributed by atoms with Gasteiger partial charge in [-0.1, -0.05) is 17.3 Å². The van der Waals surface area contributed by atoms with Crippen molar-refractivity contribution in [3.8, 4) is 5.75 Å². The van der Waals surface area contributed by atoms with E-state index in [1.807, 2.05) is 47.9 Å². The lowest BCUT2D eigenvalue weighted by atomic mass is 10.1. The number of rotatable bonds is 6. The van der Waals surface area contributed by atoms with Gasteiger partial charge in [0, 0.05) is 31.5 Å². The van der Waals surface area contributed by atoms with E-state index in [4.69, 9.17) is 9.26 Å². The van der Waals surface area contributed by atoms with Gasteiger partial charge < -0.3 is 19.1 Å². The summed E-state index contributed by atoms with van der Waals surface area (Å²) in [6, 6.07) is 7.88. The van der Waals surface area contributed by atoms with Gasteiger partial charge in [0.05, 0.1) is 24.9 Å². The Balaban J connectivity index is 1.39. The molecule has 3 heterocycles. The van der Waals surface area contributed by atoms with E-state index < -0.39 is 0 Å². The highest BCUT2D eigenvalue weighted by Crippen LogP contribution is 2.34. The van der Waals surface area contributed by atoms with Gasteiger partial charge in [0.2, 0.25) is 11.8 Å². The molecule has 29 heavy (non-hydrogen) atoms. The summed E-state index contributed by atoms with van der Waals surface area (Å²) in [7, 11) is 1.64.